The molecule has 0 saturated carbocycles. The molecule has 1 aliphatic rings. The van der Waals surface area contributed by atoms with Crippen LogP contribution in [0.25, 0.3) is 0 Å². The maximum atomic E-state index is 12.8. The van der Waals surface area contributed by atoms with Gasteiger partial charge in [-0.25, -0.2) is 8.42 Å². The normalized spacial score (nSPS) is 22.9. The molecule has 0 bridgehead atoms. The molecule has 0 radical (unpaired) electrons. The zero-order chi connectivity index (χ0) is 15.1. The Bertz CT molecular complexity index is 597. The van der Waals surface area contributed by atoms with E-state index in [0.29, 0.717) is 18.8 Å². The van der Waals surface area contributed by atoms with Crippen LogP contribution in [-0.4, -0.2) is 41.6 Å². The maximum Gasteiger partial charge on any atom is 0.248 e. The van der Waals surface area contributed by atoms with Crippen molar-refractivity contribution in [2.24, 2.45) is 18.7 Å². The highest BCUT2D eigenvalue weighted by atomic mass is 35.5. The summed E-state index contributed by atoms with van der Waals surface area (Å²) in [6.45, 7) is 4.54. The van der Waals surface area contributed by atoms with E-state index in [4.69, 9.17) is 17.3 Å². The fraction of sp³-hybridized carbons (Fsp3) is 0.750. The van der Waals surface area contributed by atoms with E-state index in [9.17, 15) is 8.42 Å². The molecule has 114 valence electrons. The first kappa shape index (κ1) is 15.8. The van der Waals surface area contributed by atoms with Crippen LogP contribution in [0, 0.1) is 12.8 Å². The quantitative estimate of drug-likeness (QED) is 0.905. The minimum atomic E-state index is -3.61. The van der Waals surface area contributed by atoms with Gasteiger partial charge in [-0.2, -0.15) is 9.40 Å². The van der Waals surface area contributed by atoms with Crippen LogP contribution in [-0.2, 0) is 17.1 Å². The minimum Gasteiger partial charge on any atom is -0.328 e. The van der Waals surface area contributed by atoms with Gasteiger partial charge in [-0.1, -0.05) is 11.6 Å². The lowest BCUT2D eigenvalue weighted by molar-refractivity contribution is 0.243. The van der Waals surface area contributed by atoms with Crippen LogP contribution in [0.1, 0.15) is 25.5 Å². The largest absolute Gasteiger partial charge is 0.328 e. The number of sulfonamides is 1. The number of aromatic nitrogens is 2. The summed E-state index contributed by atoms with van der Waals surface area (Å²) in [5.74, 6) is 0.189. The third-order valence-corrected chi connectivity index (χ3v) is 6.42. The van der Waals surface area contributed by atoms with Gasteiger partial charge in [0, 0.05) is 26.2 Å². The Balaban J connectivity index is 2.35. The molecule has 1 aromatic rings. The predicted molar refractivity (Wildman–Crippen MR) is 78.1 cm³/mol. The fourth-order valence-corrected chi connectivity index (χ4v) is 4.90. The van der Waals surface area contributed by atoms with Crippen LogP contribution in [0.3, 0.4) is 0 Å². The lowest BCUT2D eigenvalue weighted by atomic mass is 9.93. The predicted octanol–water partition coefficient (Wildman–Crippen LogP) is 1.13. The Labute approximate surface area is 124 Å². The standard InChI is InChI=1S/C12H21ClN4O2S/c1-8(14)10-5-4-6-17(7-10)20(18,19)11-9(2)15-16(3)12(11)13/h8,10H,4-7,14H2,1-3H3/t8-,10-/m1/s1. The first-order chi connectivity index (χ1) is 9.25. The Morgan fingerprint density at radius 1 is 1.50 bits per heavy atom. The van der Waals surface area contributed by atoms with Crippen LogP contribution in [0.15, 0.2) is 4.90 Å². The summed E-state index contributed by atoms with van der Waals surface area (Å²) in [6.07, 6.45) is 1.78. The van der Waals surface area contributed by atoms with Crippen molar-refractivity contribution in [3.8, 4) is 0 Å². The van der Waals surface area contributed by atoms with Crippen molar-refractivity contribution in [2.45, 2.75) is 37.6 Å². The fourth-order valence-electron chi connectivity index (χ4n) is 2.65. The molecule has 0 aliphatic carbocycles. The summed E-state index contributed by atoms with van der Waals surface area (Å²) in [6, 6.07) is -0.0153. The third kappa shape index (κ3) is 2.72. The van der Waals surface area contributed by atoms with Crippen LogP contribution in [0.5, 0.6) is 0 Å². The molecule has 2 heterocycles. The van der Waals surface area contributed by atoms with Crippen molar-refractivity contribution < 1.29 is 8.42 Å². The number of piperidine rings is 1. The molecule has 20 heavy (non-hydrogen) atoms. The average Bonchev–Trinajstić information content (AvgIpc) is 2.63. The molecule has 0 amide bonds. The molecule has 1 aromatic heterocycles. The molecular weight excluding hydrogens is 300 g/mol. The van der Waals surface area contributed by atoms with Crippen molar-refractivity contribution in [3.05, 3.63) is 10.8 Å². The number of nitrogens with two attached hydrogens (primary N) is 1. The van der Waals surface area contributed by atoms with Gasteiger partial charge < -0.3 is 5.73 Å². The molecule has 0 aromatic carbocycles. The topological polar surface area (TPSA) is 81.2 Å². The van der Waals surface area contributed by atoms with Gasteiger partial charge >= 0.3 is 0 Å². The van der Waals surface area contributed by atoms with Gasteiger partial charge in [0.15, 0.2) is 0 Å². The van der Waals surface area contributed by atoms with Gasteiger partial charge in [0.05, 0.1) is 5.69 Å². The Hall–Kier alpha value is -0.630. The Morgan fingerprint density at radius 3 is 2.65 bits per heavy atom. The highest BCUT2D eigenvalue weighted by molar-refractivity contribution is 7.89. The summed E-state index contributed by atoms with van der Waals surface area (Å²) in [4.78, 5) is 0.118. The number of hydrogen-bond acceptors (Lipinski definition) is 4. The summed E-state index contributed by atoms with van der Waals surface area (Å²) in [5, 5.41) is 4.24. The zero-order valence-electron chi connectivity index (χ0n) is 12.0. The van der Waals surface area contributed by atoms with Crippen LogP contribution >= 0.6 is 11.6 Å². The monoisotopic (exact) mass is 320 g/mol. The van der Waals surface area contributed by atoms with Crippen molar-refractivity contribution in [1.82, 2.24) is 14.1 Å². The average molecular weight is 321 g/mol. The SMILES string of the molecule is Cc1nn(C)c(Cl)c1S(=O)(=O)N1CCC[C@@H]([C@@H](C)N)C1. The number of nitrogens with zero attached hydrogens (tertiary/aromatic N) is 3. The first-order valence-corrected chi connectivity index (χ1v) is 8.51. The molecule has 1 aliphatic heterocycles. The molecule has 0 unspecified atom stereocenters. The number of hydrogen-bond donors (Lipinski definition) is 1. The molecule has 1 saturated heterocycles. The van der Waals surface area contributed by atoms with E-state index in [1.54, 1.807) is 14.0 Å². The molecule has 2 rings (SSSR count). The second-order valence-electron chi connectivity index (χ2n) is 5.45. The number of rotatable bonds is 3. The second-order valence-corrected chi connectivity index (χ2v) is 7.69. The zero-order valence-corrected chi connectivity index (χ0v) is 13.6. The van der Waals surface area contributed by atoms with Crippen molar-refractivity contribution in [1.29, 1.82) is 0 Å². The molecule has 2 atom stereocenters. The molecular formula is C12H21ClN4O2S. The van der Waals surface area contributed by atoms with Gasteiger partial charge in [-0.3, -0.25) is 4.68 Å². The van der Waals surface area contributed by atoms with Gasteiger partial charge in [-0.05, 0) is 32.6 Å². The lowest BCUT2D eigenvalue weighted by Gasteiger charge is -2.33. The number of halogens is 1. The van der Waals surface area contributed by atoms with E-state index in [-0.39, 0.29) is 22.0 Å². The van der Waals surface area contributed by atoms with Crippen molar-refractivity contribution in [3.63, 3.8) is 0 Å². The molecule has 6 nitrogen and oxygen atoms in total. The second kappa shape index (κ2) is 5.63. The van der Waals surface area contributed by atoms with E-state index in [1.807, 2.05) is 6.92 Å². The maximum absolute atomic E-state index is 12.8. The Morgan fingerprint density at radius 2 is 2.15 bits per heavy atom. The van der Waals surface area contributed by atoms with Crippen molar-refractivity contribution in [2.75, 3.05) is 13.1 Å². The molecule has 0 spiro atoms. The minimum absolute atomic E-state index is 0.0153. The van der Waals surface area contributed by atoms with E-state index >= 15 is 0 Å². The van der Waals surface area contributed by atoms with Gasteiger partial charge in [0.1, 0.15) is 10.0 Å². The third-order valence-electron chi connectivity index (χ3n) is 3.86. The van der Waals surface area contributed by atoms with Crippen LogP contribution in [0.2, 0.25) is 5.15 Å². The van der Waals surface area contributed by atoms with Crippen LogP contribution < -0.4 is 5.73 Å². The van der Waals surface area contributed by atoms with Gasteiger partial charge in [-0.15, -0.1) is 0 Å². The highest BCUT2D eigenvalue weighted by Crippen LogP contribution is 2.30. The highest BCUT2D eigenvalue weighted by Gasteiger charge is 2.35. The molecule has 1 fully saturated rings. The summed E-state index contributed by atoms with van der Waals surface area (Å²) < 4.78 is 28.4. The summed E-state index contributed by atoms with van der Waals surface area (Å²) >= 11 is 6.09. The summed E-state index contributed by atoms with van der Waals surface area (Å²) in [5.41, 5.74) is 6.34. The van der Waals surface area contributed by atoms with Gasteiger partial charge in [0.25, 0.3) is 0 Å². The summed E-state index contributed by atoms with van der Waals surface area (Å²) in [7, 11) is -1.97. The number of aryl methyl sites for hydroxylation is 2. The Kier molecular flexibility index (Phi) is 4.44. The van der Waals surface area contributed by atoms with E-state index in [0.717, 1.165) is 12.8 Å². The lowest BCUT2D eigenvalue weighted by Crippen LogP contribution is -2.45. The molecule has 2 N–H and O–H groups in total. The van der Waals surface area contributed by atoms with E-state index in [2.05, 4.69) is 5.10 Å². The van der Waals surface area contributed by atoms with Crippen LogP contribution in [0.4, 0.5) is 0 Å². The first-order valence-electron chi connectivity index (χ1n) is 6.70. The molecule has 8 heteroatoms. The van der Waals surface area contributed by atoms with Gasteiger partial charge in [0.2, 0.25) is 10.0 Å². The van der Waals surface area contributed by atoms with E-state index in [1.165, 1.54) is 8.99 Å². The van der Waals surface area contributed by atoms with Crippen molar-refractivity contribution >= 4 is 21.6 Å². The van der Waals surface area contributed by atoms with E-state index < -0.39 is 10.0 Å². The smallest absolute Gasteiger partial charge is 0.248 e.